The summed E-state index contributed by atoms with van der Waals surface area (Å²) < 4.78 is 7.14. The lowest BCUT2D eigenvalue weighted by atomic mass is 10.1. The molecule has 0 aliphatic carbocycles. The van der Waals surface area contributed by atoms with Gasteiger partial charge in [0.25, 0.3) is 11.6 Å². The number of benzene rings is 2. The van der Waals surface area contributed by atoms with Crippen LogP contribution in [0.3, 0.4) is 0 Å². The van der Waals surface area contributed by atoms with Gasteiger partial charge in [-0.15, -0.1) is 0 Å². The molecule has 0 atom stereocenters. The number of halogens is 2. The van der Waals surface area contributed by atoms with Crippen LogP contribution in [0, 0.1) is 25.0 Å². The maximum atomic E-state index is 12.4. The summed E-state index contributed by atoms with van der Waals surface area (Å²) in [6, 6.07) is 16.6. The molecule has 0 bridgehead atoms. The Morgan fingerprint density at radius 1 is 1.24 bits per heavy atom. The molecule has 144 valence electrons. The van der Waals surface area contributed by atoms with E-state index in [9.17, 15) is 20.2 Å². The van der Waals surface area contributed by atoms with E-state index in [0.717, 1.165) is 3.57 Å². The van der Waals surface area contributed by atoms with Crippen LogP contribution in [0.4, 0.5) is 11.4 Å². The zero-order chi connectivity index (χ0) is 21.0. The molecule has 1 aromatic heterocycles. The maximum absolute atomic E-state index is 12.4. The van der Waals surface area contributed by atoms with Gasteiger partial charge in [0.15, 0.2) is 0 Å². The van der Waals surface area contributed by atoms with Crippen LogP contribution < -0.4 is 5.32 Å². The smallest absolute Gasteiger partial charge is 0.270 e. The SMILES string of the molecule is N#C/C(=C\c1ccc(-c2ccc([N+](=O)[O-])cc2Br)o1)C(=O)Nc1cccc(I)c1. The summed E-state index contributed by atoms with van der Waals surface area (Å²) >= 11 is 5.42. The highest BCUT2D eigenvalue weighted by Crippen LogP contribution is 2.33. The molecule has 0 saturated carbocycles. The highest BCUT2D eigenvalue weighted by atomic mass is 127. The molecule has 29 heavy (non-hydrogen) atoms. The molecule has 1 amide bonds. The van der Waals surface area contributed by atoms with Crippen LogP contribution in [-0.2, 0) is 4.79 Å². The quantitative estimate of drug-likeness (QED) is 0.139. The van der Waals surface area contributed by atoms with Crippen LogP contribution in [-0.4, -0.2) is 10.8 Å². The Bertz CT molecular complexity index is 1180. The van der Waals surface area contributed by atoms with E-state index in [2.05, 4.69) is 43.8 Å². The number of nitrogens with one attached hydrogen (secondary N) is 1. The van der Waals surface area contributed by atoms with Crippen molar-refractivity contribution in [3.05, 3.63) is 84.1 Å². The van der Waals surface area contributed by atoms with Gasteiger partial charge in [0.2, 0.25) is 0 Å². The van der Waals surface area contributed by atoms with Crippen molar-refractivity contribution in [2.75, 3.05) is 5.32 Å². The second-order valence-corrected chi connectivity index (χ2v) is 7.86. The van der Waals surface area contributed by atoms with Crippen molar-refractivity contribution >= 4 is 61.9 Å². The molecule has 0 aliphatic heterocycles. The molecule has 9 heteroatoms. The summed E-state index contributed by atoms with van der Waals surface area (Å²) in [6.07, 6.45) is 1.34. The number of nitro benzene ring substituents is 1. The highest BCUT2D eigenvalue weighted by Gasteiger charge is 2.15. The van der Waals surface area contributed by atoms with E-state index in [4.69, 9.17) is 4.42 Å². The van der Waals surface area contributed by atoms with Gasteiger partial charge in [-0.2, -0.15) is 5.26 Å². The molecule has 0 spiro atoms. The number of anilines is 1. The van der Waals surface area contributed by atoms with Gasteiger partial charge in [-0.1, -0.05) is 6.07 Å². The van der Waals surface area contributed by atoms with Crippen molar-refractivity contribution in [2.45, 2.75) is 0 Å². The molecular weight excluding hydrogens is 553 g/mol. The fourth-order valence-electron chi connectivity index (χ4n) is 2.45. The molecule has 0 saturated heterocycles. The number of amides is 1. The topological polar surface area (TPSA) is 109 Å². The van der Waals surface area contributed by atoms with Crippen LogP contribution in [0.25, 0.3) is 17.4 Å². The van der Waals surface area contributed by atoms with E-state index >= 15 is 0 Å². The van der Waals surface area contributed by atoms with Gasteiger partial charge >= 0.3 is 0 Å². The van der Waals surface area contributed by atoms with Gasteiger partial charge in [-0.25, -0.2) is 0 Å². The lowest BCUT2D eigenvalue weighted by molar-refractivity contribution is -0.384. The average Bonchev–Trinajstić information content (AvgIpc) is 3.14. The van der Waals surface area contributed by atoms with Crippen LogP contribution in [0.15, 0.2) is 69.1 Å². The van der Waals surface area contributed by atoms with E-state index in [1.165, 1.54) is 18.2 Å². The molecule has 3 aromatic rings. The Kier molecular flexibility index (Phi) is 6.46. The summed E-state index contributed by atoms with van der Waals surface area (Å²) in [5.41, 5.74) is 1.02. The Hall–Kier alpha value is -2.97. The number of hydrogen-bond acceptors (Lipinski definition) is 5. The first-order chi connectivity index (χ1) is 13.9. The third kappa shape index (κ3) is 5.10. The molecule has 7 nitrogen and oxygen atoms in total. The van der Waals surface area contributed by atoms with E-state index in [0.29, 0.717) is 27.2 Å². The van der Waals surface area contributed by atoms with Gasteiger partial charge in [0, 0.05) is 37.5 Å². The zero-order valence-electron chi connectivity index (χ0n) is 14.6. The minimum Gasteiger partial charge on any atom is -0.457 e. The van der Waals surface area contributed by atoms with Crippen LogP contribution in [0.2, 0.25) is 0 Å². The molecule has 0 fully saturated rings. The summed E-state index contributed by atoms with van der Waals surface area (Å²) in [7, 11) is 0. The lowest BCUT2D eigenvalue weighted by Gasteiger charge is -2.04. The Labute approximate surface area is 187 Å². The lowest BCUT2D eigenvalue weighted by Crippen LogP contribution is -2.13. The molecule has 0 radical (unpaired) electrons. The molecule has 0 unspecified atom stereocenters. The third-order valence-corrected chi connectivity index (χ3v) is 5.12. The van der Waals surface area contributed by atoms with Crippen molar-refractivity contribution in [1.29, 1.82) is 5.26 Å². The number of non-ortho nitro benzene ring substituents is 1. The second-order valence-electron chi connectivity index (χ2n) is 5.76. The number of rotatable bonds is 5. The first kappa shape index (κ1) is 20.8. The number of nitriles is 1. The fourth-order valence-corrected chi connectivity index (χ4v) is 3.55. The van der Waals surface area contributed by atoms with Crippen LogP contribution in [0.5, 0.6) is 0 Å². The zero-order valence-corrected chi connectivity index (χ0v) is 18.3. The number of nitrogens with zero attached hydrogens (tertiary/aromatic N) is 2. The third-order valence-electron chi connectivity index (χ3n) is 3.79. The number of hydrogen-bond donors (Lipinski definition) is 1. The monoisotopic (exact) mass is 563 g/mol. The predicted molar refractivity (Wildman–Crippen MR) is 120 cm³/mol. The first-order valence-corrected chi connectivity index (χ1v) is 9.97. The molecular formula is C20H11BrIN3O4. The van der Waals surface area contributed by atoms with Crippen molar-refractivity contribution in [1.82, 2.24) is 0 Å². The van der Waals surface area contributed by atoms with Gasteiger partial charge in [0.05, 0.1) is 4.92 Å². The highest BCUT2D eigenvalue weighted by molar-refractivity contribution is 14.1. The summed E-state index contributed by atoms with van der Waals surface area (Å²) in [5, 5.41) is 22.9. The predicted octanol–water partition coefficient (Wildman–Crippen LogP) is 5.77. The second kappa shape index (κ2) is 9.02. The van der Waals surface area contributed by atoms with Crippen LogP contribution in [0.1, 0.15) is 5.76 Å². The number of furan rings is 1. The number of nitro groups is 1. The Morgan fingerprint density at radius 2 is 2.03 bits per heavy atom. The minimum atomic E-state index is -0.552. The molecule has 2 aromatic carbocycles. The number of carbonyl (C=O) groups is 1. The summed E-state index contributed by atoms with van der Waals surface area (Å²) in [5.74, 6) is 0.192. The van der Waals surface area contributed by atoms with Gasteiger partial charge < -0.3 is 9.73 Å². The maximum Gasteiger partial charge on any atom is 0.270 e. The normalized spacial score (nSPS) is 11.0. The van der Waals surface area contributed by atoms with Crippen LogP contribution >= 0.6 is 38.5 Å². The fraction of sp³-hybridized carbons (Fsp3) is 0. The van der Waals surface area contributed by atoms with E-state index in [1.54, 1.807) is 36.4 Å². The average molecular weight is 564 g/mol. The molecule has 0 aliphatic rings. The van der Waals surface area contributed by atoms with Gasteiger partial charge in [-0.05, 0) is 74.9 Å². The van der Waals surface area contributed by atoms with Crippen molar-refractivity contribution < 1.29 is 14.1 Å². The summed E-state index contributed by atoms with van der Waals surface area (Å²) in [6.45, 7) is 0. The molecule has 3 rings (SSSR count). The summed E-state index contributed by atoms with van der Waals surface area (Å²) in [4.78, 5) is 22.7. The Balaban J connectivity index is 1.83. The van der Waals surface area contributed by atoms with Gasteiger partial charge in [-0.3, -0.25) is 14.9 Å². The standard InChI is InChI=1S/C20H11BrIN3O4/c21-18-10-15(25(27)28)4-6-17(18)19-7-5-16(29-19)8-12(11-23)20(26)24-14-3-1-2-13(22)9-14/h1-10H,(H,24,26)/b12-8+. The van der Waals surface area contributed by atoms with E-state index in [1.807, 2.05) is 12.1 Å². The van der Waals surface area contributed by atoms with Crippen molar-refractivity contribution in [2.24, 2.45) is 0 Å². The Morgan fingerprint density at radius 3 is 2.69 bits per heavy atom. The van der Waals surface area contributed by atoms with Crippen molar-refractivity contribution in [3.63, 3.8) is 0 Å². The first-order valence-electron chi connectivity index (χ1n) is 8.10. The minimum absolute atomic E-state index is 0.0497. The van der Waals surface area contributed by atoms with E-state index < -0.39 is 10.8 Å². The van der Waals surface area contributed by atoms with Gasteiger partial charge in [0.1, 0.15) is 23.2 Å². The largest absolute Gasteiger partial charge is 0.457 e. The van der Waals surface area contributed by atoms with Crippen molar-refractivity contribution in [3.8, 4) is 17.4 Å². The molecule has 1 N–H and O–H groups in total. The molecule has 1 heterocycles. The van der Waals surface area contributed by atoms with E-state index in [-0.39, 0.29) is 11.3 Å². The number of carbonyl (C=O) groups excluding carboxylic acids is 1.